The maximum atomic E-state index is 12.5. The van der Waals surface area contributed by atoms with Crippen molar-refractivity contribution >= 4 is 31.4 Å². The van der Waals surface area contributed by atoms with Crippen molar-refractivity contribution in [2.45, 2.75) is 10.6 Å². The topological polar surface area (TPSA) is 102 Å². The lowest BCUT2D eigenvalue weighted by atomic mass is 10.2. The summed E-state index contributed by atoms with van der Waals surface area (Å²) in [6.07, 6.45) is 0. The van der Waals surface area contributed by atoms with Crippen LogP contribution in [-0.4, -0.2) is 23.9 Å². The van der Waals surface area contributed by atoms with Gasteiger partial charge in [0, 0.05) is 11.4 Å². The minimum absolute atomic E-state index is 0.0888. The molecule has 0 aliphatic heterocycles. The molecule has 0 saturated heterocycles. The van der Waals surface area contributed by atoms with Crippen molar-refractivity contribution in [2.75, 3.05) is 16.6 Å². The molecule has 0 amide bonds. The van der Waals surface area contributed by atoms with E-state index in [1.807, 2.05) is 6.07 Å². The molecule has 3 aromatic rings. The highest BCUT2D eigenvalue weighted by atomic mass is 32.2. The molecule has 0 bridgehead atoms. The second-order valence-corrected chi connectivity index (χ2v) is 9.61. The van der Waals surface area contributed by atoms with Gasteiger partial charge in [0.05, 0.1) is 17.8 Å². The normalized spacial score (nSPS) is 11.6. The summed E-state index contributed by atoms with van der Waals surface area (Å²) in [5.74, 6) is 0.399. The number of hydrogen-bond acceptors (Lipinski definition) is 5. The first-order chi connectivity index (χ1) is 13.8. The number of nitrogens with one attached hydrogen (secondary N) is 2. The van der Waals surface area contributed by atoms with Crippen LogP contribution in [0.3, 0.4) is 0 Å². The van der Waals surface area contributed by atoms with Crippen LogP contribution in [0.4, 0.5) is 11.4 Å². The fourth-order valence-electron chi connectivity index (χ4n) is 2.58. The number of anilines is 2. The van der Waals surface area contributed by atoms with Gasteiger partial charge in [-0.25, -0.2) is 16.8 Å². The van der Waals surface area contributed by atoms with Gasteiger partial charge in [-0.05, 0) is 54.1 Å². The Morgan fingerprint density at radius 3 is 1.83 bits per heavy atom. The predicted molar refractivity (Wildman–Crippen MR) is 113 cm³/mol. The first-order valence-electron chi connectivity index (χ1n) is 8.59. The fraction of sp³-hybridized carbons (Fsp3) is 0.100. The molecule has 0 saturated carbocycles. The third kappa shape index (κ3) is 5.72. The average Bonchev–Trinajstić information content (AvgIpc) is 2.69. The van der Waals surface area contributed by atoms with Gasteiger partial charge in [-0.3, -0.25) is 9.44 Å². The Hall–Kier alpha value is -3.04. The number of methoxy groups -OCH3 is 1. The maximum Gasteiger partial charge on any atom is 0.261 e. The molecule has 3 aromatic carbocycles. The van der Waals surface area contributed by atoms with Gasteiger partial charge in [-0.15, -0.1) is 0 Å². The SMILES string of the molecule is COc1ccc(S(=O)(=O)Nc2ccc(NS(=O)(=O)Cc3ccccc3)cc2)cc1. The lowest BCUT2D eigenvalue weighted by Crippen LogP contribution is -2.15. The predicted octanol–water partition coefficient (Wildman–Crippen LogP) is 3.44. The summed E-state index contributed by atoms with van der Waals surface area (Å²) in [6, 6.07) is 20.8. The molecular weight excluding hydrogens is 412 g/mol. The third-order valence-corrected chi connectivity index (χ3v) is 6.64. The van der Waals surface area contributed by atoms with Gasteiger partial charge in [-0.1, -0.05) is 30.3 Å². The lowest BCUT2D eigenvalue weighted by Gasteiger charge is -2.11. The number of rotatable bonds is 8. The summed E-state index contributed by atoms with van der Waals surface area (Å²) in [5.41, 5.74) is 1.32. The minimum Gasteiger partial charge on any atom is -0.497 e. The summed E-state index contributed by atoms with van der Waals surface area (Å²) >= 11 is 0. The zero-order valence-corrected chi connectivity index (χ0v) is 17.2. The Labute approximate surface area is 170 Å². The van der Waals surface area contributed by atoms with Crippen LogP contribution in [0.1, 0.15) is 5.56 Å². The lowest BCUT2D eigenvalue weighted by molar-refractivity contribution is 0.414. The molecule has 0 aromatic heterocycles. The number of hydrogen-bond donors (Lipinski definition) is 2. The van der Waals surface area contributed by atoms with Crippen molar-refractivity contribution in [3.8, 4) is 5.75 Å². The number of ether oxygens (including phenoxy) is 1. The summed E-state index contributed by atoms with van der Waals surface area (Å²) in [4.78, 5) is 0.0888. The molecule has 152 valence electrons. The first kappa shape index (κ1) is 20.7. The zero-order chi connectivity index (χ0) is 20.9. The van der Waals surface area contributed by atoms with Crippen LogP contribution in [0.5, 0.6) is 5.75 Å². The average molecular weight is 433 g/mol. The second-order valence-electron chi connectivity index (χ2n) is 6.21. The molecule has 7 nitrogen and oxygen atoms in total. The van der Waals surface area contributed by atoms with E-state index in [-0.39, 0.29) is 10.6 Å². The Morgan fingerprint density at radius 1 is 0.724 bits per heavy atom. The fourth-order valence-corrected chi connectivity index (χ4v) is 4.84. The standard InChI is InChI=1S/C20H20N2O5S2/c1-27-19-11-13-20(14-12-19)29(25,26)22-18-9-7-17(8-10-18)21-28(23,24)15-16-5-3-2-4-6-16/h2-14,21-22H,15H2,1H3. The van der Waals surface area contributed by atoms with Gasteiger partial charge in [0.2, 0.25) is 10.0 Å². The van der Waals surface area contributed by atoms with Crippen LogP contribution in [0.25, 0.3) is 0 Å². The van der Waals surface area contributed by atoms with Crippen LogP contribution >= 0.6 is 0 Å². The van der Waals surface area contributed by atoms with Crippen LogP contribution in [0.15, 0.2) is 83.8 Å². The minimum atomic E-state index is -3.77. The molecule has 0 unspecified atom stereocenters. The van der Waals surface area contributed by atoms with E-state index in [1.165, 1.54) is 43.5 Å². The van der Waals surface area contributed by atoms with Crippen molar-refractivity contribution in [3.63, 3.8) is 0 Å². The van der Waals surface area contributed by atoms with Crippen molar-refractivity contribution < 1.29 is 21.6 Å². The number of sulfonamides is 2. The third-order valence-electron chi connectivity index (χ3n) is 3.98. The summed E-state index contributed by atoms with van der Waals surface area (Å²) in [5, 5.41) is 0. The molecule has 2 N–H and O–H groups in total. The molecule has 3 rings (SSSR count). The number of benzene rings is 3. The van der Waals surface area contributed by atoms with Crippen LogP contribution in [0, 0.1) is 0 Å². The van der Waals surface area contributed by atoms with Gasteiger partial charge in [0.1, 0.15) is 5.75 Å². The summed E-state index contributed by atoms with van der Waals surface area (Å²) < 4.78 is 59.4. The monoisotopic (exact) mass is 432 g/mol. The molecule has 0 aliphatic carbocycles. The second kappa shape index (κ2) is 8.54. The van der Waals surface area contributed by atoms with Gasteiger partial charge in [0.25, 0.3) is 10.0 Å². The highest BCUT2D eigenvalue weighted by Gasteiger charge is 2.15. The molecule has 29 heavy (non-hydrogen) atoms. The highest BCUT2D eigenvalue weighted by Crippen LogP contribution is 2.21. The maximum absolute atomic E-state index is 12.5. The van der Waals surface area contributed by atoms with E-state index in [0.29, 0.717) is 22.7 Å². The Balaban J connectivity index is 1.68. The van der Waals surface area contributed by atoms with Crippen LogP contribution < -0.4 is 14.2 Å². The molecule has 0 atom stereocenters. The summed E-state index contributed by atoms with van der Waals surface area (Å²) in [6.45, 7) is 0. The Kier molecular flexibility index (Phi) is 6.09. The largest absolute Gasteiger partial charge is 0.497 e. The van der Waals surface area contributed by atoms with Crippen molar-refractivity contribution in [3.05, 3.63) is 84.4 Å². The van der Waals surface area contributed by atoms with Crippen molar-refractivity contribution in [1.29, 1.82) is 0 Å². The molecule has 0 spiro atoms. The molecule has 0 radical (unpaired) electrons. The molecule has 0 fully saturated rings. The van der Waals surface area contributed by atoms with Gasteiger partial charge >= 0.3 is 0 Å². The molecular formula is C20H20N2O5S2. The van der Waals surface area contributed by atoms with E-state index in [1.54, 1.807) is 36.4 Å². The van der Waals surface area contributed by atoms with Crippen molar-refractivity contribution in [2.24, 2.45) is 0 Å². The molecule has 0 aliphatic rings. The summed E-state index contributed by atoms with van der Waals surface area (Å²) in [7, 11) is -5.86. The van der Waals surface area contributed by atoms with Crippen molar-refractivity contribution in [1.82, 2.24) is 0 Å². The van der Waals surface area contributed by atoms with E-state index >= 15 is 0 Å². The quantitative estimate of drug-likeness (QED) is 0.568. The van der Waals surface area contributed by atoms with E-state index in [4.69, 9.17) is 4.74 Å². The first-order valence-corrected chi connectivity index (χ1v) is 11.7. The van der Waals surface area contributed by atoms with E-state index in [0.717, 1.165) is 0 Å². The highest BCUT2D eigenvalue weighted by molar-refractivity contribution is 7.92. The van der Waals surface area contributed by atoms with E-state index in [9.17, 15) is 16.8 Å². The smallest absolute Gasteiger partial charge is 0.261 e. The Bertz CT molecular complexity index is 1160. The van der Waals surface area contributed by atoms with Crippen LogP contribution in [0.2, 0.25) is 0 Å². The van der Waals surface area contributed by atoms with Crippen LogP contribution in [-0.2, 0) is 25.8 Å². The van der Waals surface area contributed by atoms with Gasteiger partial charge < -0.3 is 4.74 Å². The van der Waals surface area contributed by atoms with Gasteiger partial charge in [0.15, 0.2) is 0 Å². The van der Waals surface area contributed by atoms with Gasteiger partial charge in [-0.2, -0.15) is 0 Å². The zero-order valence-electron chi connectivity index (χ0n) is 15.6. The Morgan fingerprint density at radius 2 is 1.28 bits per heavy atom. The molecule has 9 heteroatoms. The van der Waals surface area contributed by atoms with E-state index in [2.05, 4.69) is 9.44 Å². The van der Waals surface area contributed by atoms with E-state index < -0.39 is 20.0 Å². The molecule has 0 heterocycles.